The standard InChI is InChI=1S/C19H20F3NO2/c1-14-6-2-3-9-17(14)25-11-5-10-18(24)23-13-15-7-4-8-16(12-15)19(20,21)22/h2-4,6-9,12H,5,10-11,13H2,1H3,(H,23,24). The van der Waals surface area contributed by atoms with Crippen LogP contribution in [0.5, 0.6) is 5.75 Å². The molecule has 2 aromatic rings. The van der Waals surface area contributed by atoms with Crippen LogP contribution < -0.4 is 10.1 Å². The summed E-state index contributed by atoms with van der Waals surface area (Å²) >= 11 is 0. The minimum absolute atomic E-state index is 0.0708. The first-order chi connectivity index (χ1) is 11.9. The number of amides is 1. The van der Waals surface area contributed by atoms with E-state index in [9.17, 15) is 18.0 Å². The molecule has 0 unspecified atom stereocenters. The molecule has 0 aliphatic rings. The van der Waals surface area contributed by atoms with Crippen LogP contribution in [-0.2, 0) is 17.5 Å². The van der Waals surface area contributed by atoms with Crippen LogP contribution in [0.2, 0.25) is 0 Å². The summed E-state index contributed by atoms with van der Waals surface area (Å²) in [5, 5.41) is 2.63. The fraction of sp³-hybridized carbons (Fsp3) is 0.316. The maximum Gasteiger partial charge on any atom is 0.416 e. The zero-order valence-corrected chi connectivity index (χ0v) is 13.9. The van der Waals surface area contributed by atoms with Gasteiger partial charge in [0.25, 0.3) is 0 Å². The molecular weight excluding hydrogens is 331 g/mol. The van der Waals surface area contributed by atoms with Crippen molar-refractivity contribution in [3.05, 3.63) is 65.2 Å². The molecule has 0 aliphatic heterocycles. The molecule has 0 radical (unpaired) electrons. The van der Waals surface area contributed by atoms with E-state index in [2.05, 4.69) is 5.32 Å². The molecule has 0 aliphatic carbocycles. The Balaban J connectivity index is 1.72. The maximum absolute atomic E-state index is 12.6. The molecular formula is C19H20F3NO2. The average molecular weight is 351 g/mol. The third-order valence-electron chi connectivity index (χ3n) is 3.64. The van der Waals surface area contributed by atoms with Gasteiger partial charge in [-0.25, -0.2) is 0 Å². The number of carbonyl (C=O) groups excluding carboxylic acids is 1. The number of alkyl halides is 3. The topological polar surface area (TPSA) is 38.3 Å². The van der Waals surface area contributed by atoms with Crippen LogP contribution in [-0.4, -0.2) is 12.5 Å². The molecule has 0 atom stereocenters. The monoisotopic (exact) mass is 351 g/mol. The second-order valence-electron chi connectivity index (χ2n) is 5.69. The Labute approximate surface area is 144 Å². The molecule has 0 aromatic heterocycles. The van der Waals surface area contributed by atoms with Crippen molar-refractivity contribution in [3.63, 3.8) is 0 Å². The highest BCUT2D eigenvalue weighted by atomic mass is 19.4. The second kappa shape index (κ2) is 8.55. The van der Waals surface area contributed by atoms with Crippen LogP contribution in [0.1, 0.15) is 29.5 Å². The quantitative estimate of drug-likeness (QED) is 0.747. The number of hydrogen-bond acceptors (Lipinski definition) is 2. The Hall–Kier alpha value is -2.50. The molecule has 0 saturated carbocycles. The molecule has 2 rings (SSSR count). The molecule has 1 amide bonds. The Morgan fingerprint density at radius 2 is 1.88 bits per heavy atom. The van der Waals surface area contributed by atoms with Crippen LogP contribution in [0.15, 0.2) is 48.5 Å². The highest BCUT2D eigenvalue weighted by Crippen LogP contribution is 2.29. The van der Waals surface area contributed by atoms with Crippen molar-refractivity contribution in [2.75, 3.05) is 6.61 Å². The van der Waals surface area contributed by atoms with E-state index in [-0.39, 0.29) is 18.9 Å². The number of aryl methyl sites for hydroxylation is 1. The van der Waals surface area contributed by atoms with Crippen molar-refractivity contribution in [2.45, 2.75) is 32.5 Å². The molecule has 134 valence electrons. The van der Waals surface area contributed by atoms with Gasteiger partial charge in [0.15, 0.2) is 0 Å². The van der Waals surface area contributed by atoms with Crippen LogP contribution in [0.25, 0.3) is 0 Å². The number of nitrogens with one attached hydrogen (secondary N) is 1. The Morgan fingerprint density at radius 1 is 1.12 bits per heavy atom. The lowest BCUT2D eigenvalue weighted by Gasteiger charge is -2.10. The van der Waals surface area contributed by atoms with Crippen LogP contribution in [0, 0.1) is 6.92 Å². The third kappa shape index (κ3) is 6.14. The first kappa shape index (κ1) is 18.8. The summed E-state index contributed by atoms with van der Waals surface area (Å²) < 4.78 is 43.5. The zero-order chi connectivity index (χ0) is 18.3. The predicted molar refractivity (Wildman–Crippen MR) is 89.2 cm³/mol. The number of halogens is 3. The number of rotatable bonds is 7. The summed E-state index contributed by atoms with van der Waals surface area (Å²) in [5.74, 6) is 0.567. The summed E-state index contributed by atoms with van der Waals surface area (Å²) in [6, 6.07) is 12.5. The van der Waals surface area contributed by atoms with Crippen LogP contribution in [0.3, 0.4) is 0 Å². The molecule has 0 fully saturated rings. The number of para-hydroxylation sites is 1. The van der Waals surface area contributed by atoms with Gasteiger partial charge in [0, 0.05) is 13.0 Å². The van der Waals surface area contributed by atoms with Gasteiger partial charge in [-0.1, -0.05) is 30.3 Å². The van der Waals surface area contributed by atoms with Gasteiger partial charge >= 0.3 is 6.18 Å². The first-order valence-corrected chi connectivity index (χ1v) is 7.97. The predicted octanol–water partition coefficient (Wildman–Crippen LogP) is 4.49. The van der Waals surface area contributed by atoms with Crippen molar-refractivity contribution >= 4 is 5.91 Å². The molecule has 2 aromatic carbocycles. The lowest BCUT2D eigenvalue weighted by Crippen LogP contribution is -2.23. The number of carbonyl (C=O) groups is 1. The summed E-state index contributed by atoms with van der Waals surface area (Å²) in [6.45, 7) is 2.42. The number of benzene rings is 2. The summed E-state index contributed by atoms with van der Waals surface area (Å²) in [4.78, 5) is 11.8. The van der Waals surface area contributed by atoms with Gasteiger partial charge in [-0.2, -0.15) is 13.2 Å². The van der Waals surface area contributed by atoms with Gasteiger partial charge in [0.2, 0.25) is 5.91 Å². The van der Waals surface area contributed by atoms with Crippen molar-refractivity contribution in [2.24, 2.45) is 0 Å². The van der Waals surface area contributed by atoms with Crippen molar-refractivity contribution < 1.29 is 22.7 Å². The van der Waals surface area contributed by atoms with E-state index in [4.69, 9.17) is 4.74 Å². The van der Waals surface area contributed by atoms with E-state index in [1.54, 1.807) is 6.07 Å². The normalized spacial score (nSPS) is 11.2. The van der Waals surface area contributed by atoms with E-state index in [0.717, 1.165) is 23.4 Å². The summed E-state index contributed by atoms with van der Waals surface area (Å²) in [7, 11) is 0. The third-order valence-corrected chi connectivity index (χ3v) is 3.64. The van der Waals surface area contributed by atoms with E-state index >= 15 is 0 Å². The summed E-state index contributed by atoms with van der Waals surface area (Å²) in [5.41, 5.74) is 0.724. The highest BCUT2D eigenvalue weighted by molar-refractivity contribution is 5.75. The Morgan fingerprint density at radius 3 is 2.60 bits per heavy atom. The van der Waals surface area contributed by atoms with Gasteiger partial charge in [-0.15, -0.1) is 0 Å². The molecule has 0 bridgehead atoms. The Kier molecular flexibility index (Phi) is 6.44. The molecule has 3 nitrogen and oxygen atoms in total. The molecule has 0 heterocycles. The number of hydrogen-bond donors (Lipinski definition) is 1. The smallest absolute Gasteiger partial charge is 0.416 e. The molecule has 25 heavy (non-hydrogen) atoms. The van der Waals surface area contributed by atoms with Crippen molar-refractivity contribution in [1.29, 1.82) is 0 Å². The lowest BCUT2D eigenvalue weighted by molar-refractivity contribution is -0.137. The molecule has 1 N–H and O–H groups in total. The van der Waals surface area contributed by atoms with E-state index < -0.39 is 11.7 Å². The average Bonchev–Trinajstić information content (AvgIpc) is 2.58. The SMILES string of the molecule is Cc1ccccc1OCCCC(=O)NCc1cccc(C(F)(F)F)c1. The lowest BCUT2D eigenvalue weighted by atomic mass is 10.1. The fourth-order valence-electron chi connectivity index (χ4n) is 2.28. The van der Waals surface area contributed by atoms with E-state index in [1.807, 2.05) is 31.2 Å². The molecule has 0 spiro atoms. The zero-order valence-electron chi connectivity index (χ0n) is 13.9. The summed E-state index contributed by atoms with van der Waals surface area (Å²) in [6.07, 6.45) is -3.60. The van der Waals surface area contributed by atoms with Gasteiger partial charge in [0.1, 0.15) is 5.75 Å². The van der Waals surface area contributed by atoms with Crippen molar-refractivity contribution in [1.82, 2.24) is 5.32 Å². The van der Waals surface area contributed by atoms with Crippen LogP contribution >= 0.6 is 0 Å². The fourth-order valence-corrected chi connectivity index (χ4v) is 2.28. The largest absolute Gasteiger partial charge is 0.493 e. The molecule has 6 heteroatoms. The second-order valence-corrected chi connectivity index (χ2v) is 5.69. The minimum atomic E-state index is -4.38. The molecule has 0 saturated heterocycles. The van der Waals surface area contributed by atoms with Gasteiger partial charge < -0.3 is 10.1 Å². The first-order valence-electron chi connectivity index (χ1n) is 7.97. The van der Waals surface area contributed by atoms with Gasteiger partial charge in [-0.3, -0.25) is 4.79 Å². The van der Waals surface area contributed by atoms with Crippen LogP contribution in [0.4, 0.5) is 13.2 Å². The maximum atomic E-state index is 12.6. The minimum Gasteiger partial charge on any atom is -0.493 e. The van der Waals surface area contributed by atoms with E-state index in [1.165, 1.54) is 6.07 Å². The van der Waals surface area contributed by atoms with Gasteiger partial charge in [-0.05, 0) is 42.7 Å². The number of ether oxygens (including phenoxy) is 1. The van der Waals surface area contributed by atoms with E-state index in [0.29, 0.717) is 18.6 Å². The Bertz CT molecular complexity index is 714. The highest BCUT2D eigenvalue weighted by Gasteiger charge is 2.30. The van der Waals surface area contributed by atoms with Gasteiger partial charge in [0.05, 0.1) is 12.2 Å². The van der Waals surface area contributed by atoms with Crippen molar-refractivity contribution in [3.8, 4) is 5.75 Å².